The predicted octanol–water partition coefficient (Wildman–Crippen LogP) is 5.04. The fourth-order valence-corrected chi connectivity index (χ4v) is 5.24. The summed E-state index contributed by atoms with van der Waals surface area (Å²) in [4.78, 5) is 24.2. The Balaban J connectivity index is 0.00000363. The van der Waals surface area contributed by atoms with Crippen LogP contribution in [0.15, 0.2) is 10.4 Å². The summed E-state index contributed by atoms with van der Waals surface area (Å²) in [6, 6.07) is 0.778. The summed E-state index contributed by atoms with van der Waals surface area (Å²) < 4.78 is 5.65. The second kappa shape index (κ2) is 10.9. The predicted molar refractivity (Wildman–Crippen MR) is 142 cm³/mol. The highest BCUT2D eigenvalue weighted by Crippen LogP contribution is 2.36. The second-order valence-electron chi connectivity index (χ2n) is 10.7. The number of aromatic nitrogens is 1. The van der Waals surface area contributed by atoms with Crippen molar-refractivity contribution >= 4 is 47.4 Å². The zero-order valence-electron chi connectivity index (χ0n) is 20.5. The minimum Gasteiger partial charge on any atom is -0.444 e. The number of thiazole rings is 1. The molecular formula is C23H40IN5O2S. The molecule has 0 spiro atoms. The summed E-state index contributed by atoms with van der Waals surface area (Å²) in [6.07, 6.45) is 3.77. The Kier molecular flexibility index (Phi) is 9.23. The third kappa shape index (κ3) is 7.20. The van der Waals surface area contributed by atoms with Gasteiger partial charge in [-0.1, -0.05) is 20.8 Å². The van der Waals surface area contributed by atoms with Gasteiger partial charge in [0.25, 0.3) is 0 Å². The fraction of sp³-hybridized carbons (Fsp3) is 0.783. The lowest BCUT2D eigenvalue weighted by Crippen LogP contribution is -2.55. The van der Waals surface area contributed by atoms with Crippen molar-refractivity contribution in [3.8, 4) is 0 Å². The standard InChI is InChI=1S/C23H39N5O2S.HI/c1-8-24-20(25-13-19-27-18(14-31-19)22(2,3)4)26-15-11-16-9-10-17(12-15)28(16)21(29)30-23(5,6)7;/h14-17H,8-13H2,1-7H3,(H2,24,25,26);1H. The van der Waals surface area contributed by atoms with E-state index < -0.39 is 5.60 Å². The van der Waals surface area contributed by atoms with Crippen molar-refractivity contribution in [2.45, 2.75) is 110 Å². The fourth-order valence-electron chi connectivity index (χ4n) is 4.30. The zero-order chi connectivity index (χ0) is 22.8. The van der Waals surface area contributed by atoms with E-state index in [2.05, 4.69) is 43.7 Å². The third-order valence-electron chi connectivity index (χ3n) is 5.72. The summed E-state index contributed by atoms with van der Waals surface area (Å²) in [5, 5.41) is 10.1. The van der Waals surface area contributed by atoms with E-state index in [1.165, 1.54) is 0 Å². The maximum absolute atomic E-state index is 12.7. The van der Waals surface area contributed by atoms with Crippen molar-refractivity contribution in [3.63, 3.8) is 0 Å². The lowest BCUT2D eigenvalue weighted by Gasteiger charge is -2.40. The van der Waals surface area contributed by atoms with E-state index in [-0.39, 0.29) is 47.6 Å². The highest BCUT2D eigenvalue weighted by atomic mass is 127. The average Bonchev–Trinajstić information content (AvgIpc) is 3.21. The Morgan fingerprint density at radius 2 is 1.84 bits per heavy atom. The molecule has 2 saturated heterocycles. The largest absolute Gasteiger partial charge is 0.444 e. The molecule has 0 radical (unpaired) electrons. The van der Waals surface area contributed by atoms with E-state index in [4.69, 9.17) is 14.7 Å². The smallest absolute Gasteiger partial charge is 0.410 e. The van der Waals surface area contributed by atoms with E-state index in [9.17, 15) is 4.79 Å². The van der Waals surface area contributed by atoms with Crippen LogP contribution in [0, 0.1) is 0 Å². The van der Waals surface area contributed by atoms with Crippen LogP contribution >= 0.6 is 35.3 Å². The molecule has 2 fully saturated rings. The number of carbonyl (C=O) groups is 1. The number of nitrogens with one attached hydrogen (secondary N) is 2. The number of aliphatic imine (C=N–C) groups is 1. The van der Waals surface area contributed by atoms with Gasteiger partial charge in [-0.25, -0.2) is 14.8 Å². The summed E-state index contributed by atoms with van der Waals surface area (Å²) in [7, 11) is 0. The number of piperidine rings is 1. The van der Waals surface area contributed by atoms with Crippen molar-refractivity contribution in [1.82, 2.24) is 20.5 Å². The molecule has 7 nitrogen and oxygen atoms in total. The molecule has 2 N–H and O–H groups in total. The van der Waals surface area contributed by atoms with Crippen molar-refractivity contribution in [3.05, 3.63) is 16.1 Å². The van der Waals surface area contributed by atoms with Gasteiger partial charge in [0.1, 0.15) is 10.6 Å². The maximum atomic E-state index is 12.7. The summed E-state index contributed by atoms with van der Waals surface area (Å²) >= 11 is 1.67. The Morgan fingerprint density at radius 3 is 2.34 bits per heavy atom. The number of rotatable bonds is 4. The van der Waals surface area contributed by atoms with E-state index in [1.54, 1.807) is 11.3 Å². The number of nitrogens with zero attached hydrogens (tertiary/aromatic N) is 3. The number of ether oxygens (including phenoxy) is 1. The zero-order valence-corrected chi connectivity index (χ0v) is 23.7. The Hall–Kier alpha value is -1.10. The molecule has 1 amide bonds. The van der Waals surface area contributed by atoms with Gasteiger partial charge in [-0.2, -0.15) is 0 Å². The third-order valence-corrected chi connectivity index (χ3v) is 6.55. The number of hydrogen-bond acceptors (Lipinski definition) is 5. The van der Waals surface area contributed by atoms with Crippen molar-refractivity contribution in [2.24, 2.45) is 4.99 Å². The number of fused-ring (bicyclic) bond motifs is 2. The van der Waals surface area contributed by atoms with E-state index in [1.807, 2.05) is 25.7 Å². The molecule has 3 heterocycles. The van der Waals surface area contributed by atoms with Gasteiger partial charge in [0.15, 0.2) is 5.96 Å². The van der Waals surface area contributed by atoms with Crippen molar-refractivity contribution in [1.29, 1.82) is 0 Å². The first-order valence-electron chi connectivity index (χ1n) is 11.5. The molecule has 9 heteroatoms. The topological polar surface area (TPSA) is 78.9 Å². The van der Waals surface area contributed by atoms with Gasteiger partial charge in [-0.15, -0.1) is 35.3 Å². The summed E-state index contributed by atoms with van der Waals surface area (Å²) in [5.74, 6) is 0.824. The number of guanidine groups is 1. The molecule has 2 aliphatic rings. The minimum absolute atomic E-state index is 0. The maximum Gasteiger partial charge on any atom is 0.410 e. The SMILES string of the molecule is CCNC(=NCc1nc(C(C)(C)C)cs1)NC1CC2CCC(C1)N2C(=O)OC(C)(C)C.I. The molecule has 2 bridgehead atoms. The van der Waals surface area contributed by atoms with Gasteiger partial charge in [-0.3, -0.25) is 0 Å². The molecule has 0 aromatic carbocycles. The van der Waals surface area contributed by atoms with Crippen LogP contribution in [-0.4, -0.2) is 52.2 Å². The Bertz CT molecular complexity index is 785. The van der Waals surface area contributed by atoms with Crippen molar-refractivity contribution in [2.75, 3.05) is 6.54 Å². The summed E-state index contributed by atoms with van der Waals surface area (Å²) in [6.45, 7) is 15.8. The van der Waals surface area contributed by atoms with Gasteiger partial charge in [0.05, 0.1) is 12.2 Å². The lowest BCUT2D eigenvalue weighted by molar-refractivity contribution is 0.00545. The van der Waals surface area contributed by atoms with E-state index in [0.29, 0.717) is 12.6 Å². The first-order chi connectivity index (χ1) is 14.5. The van der Waals surface area contributed by atoms with Crippen LogP contribution in [0.4, 0.5) is 4.79 Å². The molecule has 0 saturated carbocycles. The Labute approximate surface area is 214 Å². The van der Waals surface area contributed by atoms with E-state index in [0.717, 1.165) is 48.9 Å². The van der Waals surface area contributed by atoms with Crippen LogP contribution < -0.4 is 10.6 Å². The van der Waals surface area contributed by atoms with Crippen LogP contribution in [0.1, 0.15) is 84.9 Å². The highest BCUT2D eigenvalue weighted by Gasteiger charge is 2.45. The number of halogens is 1. The number of amides is 1. The molecule has 1 aromatic heterocycles. The molecule has 0 aliphatic carbocycles. The van der Waals surface area contributed by atoms with Crippen LogP contribution in [0.3, 0.4) is 0 Å². The summed E-state index contributed by atoms with van der Waals surface area (Å²) in [5.41, 5.74) is 0.716. The van der Waals surface area contributed by atoms with Gasteiger partial charge >= 0.3 is 6.09 Å². The van der Waals surface area contributed by atoms with Gasteiger partial charge in [-0.05, 0) is 53.4 Å². The first kappa shape index (κ1) is 27.1. The highest BCUT2D eigenvalue weighted by molar-refractivity contribution is 14.0. The van der Waals surface area contributed by atoms with Crippen LogP contribution in [0.2, 0.25) is 0 Å². The molecule has 2 atom stereocenters. The quantitative estimate of drug-likeness (QED) is 0.298. The Morgan fingerprint density at radius 1 is 1.22 bits per heavy atom. The van der Waals surface area contributed by atoms with Crippen LogP contribution in [0.5, 0.6) is 0 Å². The van der Waals surface area contributed by atoms with Crippen molar-refractivity contribution < 1.29 is 9.53 Å². The van der Waals surface area contributed by atoms with Gasteiger partial charge < -0.3 is 20.3 Å². The molecule has 3 rings (SSSR count). The van der Waals surface area contributed by atoms with Crippen LogP contribution in [0.25, 0.3) is 0 Å². The number of carbonyl (C=O) groups excluding carboxylic acids is 1. The molecule has 2 unspecified atom stereocenters. The van der Waals surface area contributed by atoms with Crippen LogP contribution in [-0.2, 0) is 16.7 Å². The molecule has 1 aromatic rings. The van der Waals surface area contributed by atoms with E-state index >= 15 is 0 Å². The van der Waals surface area contributed by atoms with Gasteiger partial charge in [0.2, 0.25) is 0 Å². The number of hydrogen-bond donors (Lipinski definition) is 2. The molecule has 182 valence electrons. The molecule has 32 heavy (non-hydrogen) atoms. The normalized spacial score (nSPS) is 23.5. The second-order valence-corrected chi connectivity index (χ2v) is 11.6. The average molecular weight is 578 g/mol. The monoisotopic (exact) mass is 577 g/mol. The first-order valence-corrected chi connectivity index (χ1v) is 12.3. The lowest BCUT2D eigenvalue weighted by atomic mass is 9.93. The minimum atomic E-state index is -0.459. The van der Waals surface area contributed by atoms with Gasteiger partial charge in [0, 0.05) is 35.5 Å². The molecular weight excluding hydrogens is 537 g/mol. The molecule has 2 aliphatic heterocycles.